The maximum Gasteiger partial charge on any atom is 0.315 e. The molecule has 1 aliphatic rings. The van der Waals surface area contributed by atoms with Crippen LogP contribution in [0.15, 0.2) is 4.52 Å². The van der Waals surface area contributed by atoms with Gasteiger partial charge in [0.1, 0.15) is 5.76 Å². The lowest BCUT2D eigenvalue weighted by Gasteiger charge is -2.17. The Balaban J connectivity index is 1.88. The Kier molecular flexibility index (Phi) is 5.04. The number of carbonyl (C=O) groups is 1. The second-order valence-corrected chi connectivity index (χ2v) is 5.58. The van der Waals surface area contributed by atoms with Crippen molar-refractivity contribution in [2.24, 2.45) is 5.92 Å². The predicted octanol–water partition coefficient (Wildman–Crippen LogP) is 2.79. The number of hydrogen-bond donors (Lipinski definition) is 2. The molecular formula is C15H25N3O2. The second kappa shape index (κ2) is 6.77. The van der Waals surface area contributed by atoms with Gasteiger partial charge in [0.2, 0.25) is 0 Å². The molecule has 5 nitrogen and oxygen atoms in total. The number of rotatable bonds is 5. The third-order valence-electron chi connectivity index (χ3n) is 4.21. The van der Waals surface area contributed by atoms with E-state index in [0.717, 1.165) is 36.3 Å². The van der Waals surface area contributed by atoms with E-state index in [4.69, 9.17) is 4.52 Å². The van der Waals surface area contributed by atoms with Crippen LogP contribution in [0.4, 0.5) is 4.79 Å². The molecule has 0 aromatic carbocycles. The molecule has 0 bridgehead atoms. The molecule has 2 atom stereocenters. The Bertz CT molecular complexity index is 434. The predicted molar refractivity (Wildman–Crippen MR) is 77.4 cm³/mol. The van der Waals surface area contributed by atoms with E-state index >= 15 is 0 Å². The van der Waals surface area contributed by atoms with E-state index in [0.29, 0.717) is 18.5 Å². The Hall–Kier alpha value is -1.52. The molecule has 1 aromatic heterocycles. The third kappa shape index (κ3) is 3.32. The highest BCUT2D eigenvalue weighted by Gasteiger charge is 2.24. The number of nitrogens with zero attached hydrogens (tertiary/aromatic N) is 1. The van der Waals surface area contributed by atoms with Crippen LogP contribution in [0.2, 0.25) is 0 Å². The molecule has 2 N–H and O–H groups in total. The minimum Gasteiger partial charge on any atom is -0.361 e. The molecule has 0 aliphatic heterocycles. The normalized spacial score (nSPS) is 21.9. The van der Waals surface area contributed by atoms with Crippen LogP contribution < -0.4 is 10.6 Å². The number of aryl methyl sites for hydroxylation is 2. The zero-order valence-electron chi connectivity index (χ0n) is 12.7. The highest BCUT2D eigenvalue weighted by Crippen LogP contribution is 2.24. The van der Waals surface area contributed by atoms with E-state index < -0.39 is 0 Å². The van der Waals surface area contributed by atoms with Crippen molar-refractivity contribution in [2.75, 3.05) is 0 Å². The second-order valence-electron chi connectivity index (χ2n) is 5.58. The molecule has 2 rings (SSSR count). The van der Waals surface area contributed by atoms with E-state index in [9.17, 15) is 4.79 Å². The van der Waals surface area contributed by atoms with Gasteiger partial charge in [0.25, 0.3) is 0 Å². The van der Waals surface area contributed by atoms with Gasteiger partial charge in [0.05, 0.1) is 5.69 Å². The molecule has 1 heterocycles. The van der Waals surface area contributed by atoms with Gasteiger partial charge in [-0.25, -0.2) is 4.79 Å². The summed E-state index contributed by atoms with van der Waals surface area (Å²) in [6.45, 7) is 6.76. The summed E-state index contributed by atoms with van der Waals surface area (Å²) in [5.41, 5.74) is 1.97. The number of carbonyl (C=O) groups excluding carboxylic acids is 1. The third-order valence-corrected chi connectivity index (χ3v) is 4.21. The summed E-state index contributed by atoms with van der Waals surface area (Å²) in [7, 11) is 0. The topological polar surface area (TPSA) is 67.2 Å². The van der Waals surface area contributed by atoms with Crippen molar-refractivity contribution in [2.45, 2.75) is 65.5 Å². The number of nitrogens with one attached hydrogen (secondary N) is 2. The Morgan fingerprint density at radius 2 is 2.15 bits per heavy atom. The number of urea groups is 1. The fraction of sp³-hybridized carbons (Fsp3) is 0.733. The monoisotopic (exact) mass is 279 g/mol. The molecule has 0 spiro atoms. The molecule has 1 aromatic rings. The van der Waals surface area contributed by atoms with Crippen molar-refractivity contribution < 1.29 is 9.32 Å². The SMILES string of the molecule is CCc1noc(CC)c1CNC(=O)N[C@@H]1CCC[C@H]1C. The van der Waals surface area contributed by atoms with Gasteiger partial charge >= 0.3 is 6.03 Å². The van der Waals surface area contributed by atoms with Crippen LogP contribution in [-0.2, 0) is 19.4 Å². The standard InChI is InChI=1S/C15H25N3O2/c1-4-12-11(14(5-2)20-18-12)9-16-15(19)17-13-8-6-7-10(13)3/h10,13H,4-9H2,1-3H3,(H2,16,17,19)/t10-,13-/m1/s1. The summed E-state index contributed by atoms with van der Waals surface area (Å²) in [6, 6.07) is 0.225. The number of hydrogen-bond acceptors (Lipinski definition) is 3. The minimum atomic E-state index is -0.0888. The molecule has 0 unspecified atom stereocenters. The average Bonchev–Trinajstić information content (AvgIpc) is 3.02. The first kappa shape index (κ1) is 14.9. The Morgan fingerprint density at radius 3 is 2.75 bits per heavy atom. The molecule has 5 heteroatoms. The number of amides is 2. The van der Waals surface area contributed by atoms with Gasteiger partial charge in [-0.3, -0.25) is 0 Å². The van der Waals surface area contributed by atoms with Crippen LogP contribution in [0.25, 0.3) is 0 Å². The van der Waals surface area contributed by atoms with Crippen LogP contribution in [0.3, 0.4) is 0 Å². The first-order chi connectivity index (χ1) is 9.65. The van der Waals surface area contributed by atoms with E-state index in [2.05, 4.69) is 22.7 Å². The maximum atomic E-state index is 12.0. The Morgan fingerprint density at radius 1 is 1.35 bits per heavy atom. The molecule has 2 amide bonds. The molecule has 0 saturated heterocycles. The van der Waals surface area contributed by atoms with Crippen molar-refractivity contribution >= 4 is 6.03 Å². The van der Waals surface area contributed by atoms with Crippen LogP contribution in [-0.4, -0.2) is 17.2 Å². The molecule has 112 valence electrons. The smallest absolute Gasteiger partial charge is 0.315 e. The van der Waals surface area contributed by atoms with Gasteiger partial charge in [-0.15, -0.1) is 0 Å². The lowest BCUT2D eigenvalue weighted by molar-refractivity contribution is 0.234. The van der Waals surface area contributed by atoms with Gasteiger partial charge < -0.3 is 15.2 Å². The lowest BCUT2D eigenvalue weighted by atomic mass is 10.1. The summed E-state index contributed by atoms with van der Waals surface area (Å²) in [5, 5.41) is 10.0. The summed E-state index contributed by atoms with van der Waals surface area (Å²) < 4.78 is 5.30. The zero-order chi connectivity index (χ0) is 14.5. The summed E-state index contributed by atoms with van der Waals surface area (Å²) in [6.07, 6.45) is 5.11. The summed E-state index contributed by atoms with van der Waals surface area (Å²) in [4.78, 5) is 12.0. The summed E-state index contributed by atoms with van der Waals surface area (Å²) >= 11 is 0. The highest BCUT2D eigenvalue weighted by molar-refractivity contribution is 5.74. The molecule has 20 heavy (non-hydrogen) atoms. The van der Waals surface area contributed by atoms with Crippen molar-refractivity contribution in [1.29, 1.82) is 0 Å². The van der Waals surface area contributed by atoms with Crippen LogP contribution in [0, 0.1) is 5.92 Å². The lowest BCUT2D eigenvalue weighted by Crippen LogP contribution is -2.43. The molecule has 1 saturated carbocycles. The Labute approximate surface area is 120 Å². The average molecular weight is 279 g/mol. The maximum absolute atomic E-state index is 12.0. The van der Waals surface area contributed by atoms with Crippen molar-refractivity contribution in [3.63, 3.8) is 0 Å². The van der Waals surface area contributed by atoms with Gasteiger partial charge in [-0.1, -0.05) is 32.3 Å². The molecule has 1 fully saturated rings. The first-order valence-corrected chi connectivity index (χ1v) is 7.66. The minimum absolute atomic E-state index is 0.0888. The number of aromatic nitrogens is 1. The van der Waals surface area contributed by atoms with E-state index in [1.807, 2.05) is 13.8 Å². The zero-order valence-corrected chi connectivity index (χ0v) is 12.7. The van der Waals surface area contributed by atoms with Crippen LogP contribution in [0.1, 0.15) is 57.1 Å². The van der Waals surface area contributed by atoms with E-state index in [1.54, 1.807) is 0 Å². The van der Waals surface area contributed by atoms with Gasteiger partial charge in [0.15, 0.2) is 0 Å². The van der Waals surface area contributed by atoms with Crippen molar-refractivity contribution in [1.82, 2.24) is 15.8 Å². The fourth-order valence-electron chi connectivity index (χ4n) is 2.89. The molecular weight excluding hydrogens is 254 g/mol. The van der Waals surface area contributed by atoms with Crippen molar-refractivity contribution in [3.8, 4) is 0 Å². The van der Waals surface area contributed by atoms with E-state index in [-0.39, 0.29) is 6.03 Å². The first-order valence-electron chi connectivity index (χ1n) is 7.66. The van der Waals surface area contributed by atoms with Gasteiger partial charge in [0, 0.05) is 24.6 Å². The highest BCUT2D eigenvalue weighted by atomic mass is 16.5. The van der Waals surface area contributed by atoms with Crippen LogP contribution in [0.5, 0.6) is 0 Å². The summed E-state index contributed by atoms with van der Waals surface area (Å²) in [5.74, 6) is 1.45. The largest absolute Gasteiger partial charge is 0.361 e. The van der Waals surface area contributed by atoms with Crippen LogP contribution >= 0.6 is 0 Å². The molecule has 1 aliphatic carbocycles. The fourth-order valence-corrected chi connectivity index (χ4v) is 2.89. The van der Waals surface area contributed by atoms with E-state index in [1.165, 1.54) is 12.8 Å². The molecule has 0 radical (unpaired) electrons. The quantitative estimate of drug-likeness (QED) is 0.871. The van der Waals surface area contributed by atoms with Crippen molar-refractivity contribution in [3.05, 3.63) is 17.0 Å². The van der Waals surface area contributed by atoms with Gasteiger partial charge in [-0.2, -0.15) is 0 Å². The van der Waals surface area contributed by atoms with Gasteiger partial charge in [-0.05, 0) is 25.2 Å².